The molecule has 2 aromatic rings. The molecule has 2 aliphatic heterocycles. The van der Waals surface area contributed by atoms with Crippen molar-refractivity contribution in [1.82, 2.24) is 29.7 Å². The van der Waals surface area contributed by atoms with Gasteiger partial charge in [-0.15, -0.1) is 0 Å². The second kappa shape index (κ2) is 14.7. The van der Waals surface area contributed by atoms with Crippen molar-refractivity contribution < 1.29 is 9.59 Å². The number of anilines is 2. The van der Waals surface area contributed by atoms with Crippen LogP contribution >= 0.6 is 0 Å². The summed E-state index contributed by atoms with van der Waals surface area (Å²) in [6, 6.07) is 7.11. The van der Waals surface area contributed by atoms with Crippen molar-refractivity contribution in [2.75, 3.05) is 57.5 Å². The van der Waals surface area contributed by atoms with Crippen molar-refractivity contribution in [3.63, 3.8) is 0 Å². The summed E-state index contributed by atoms with van der Waals surface area (Å²) >= 11 is 0. The molecule has 0 aromatic carbocycles. The molecule has 5 rings (SSSR count). The van der Waals surface area contributed by atoms with Gasteiger partial charge in [0.15, 0.2) is 0 Å². The Morgan fingerprint density at radius 2 is 1.43 bits per heavy atom. The van der Waals surface area contributed by atoms with Crippen molar-refractivity contribution in [2.24, 2.45) is 5.92 Å². The molecule has 0 radical (unpaired) electrons. The minimum atomic E-state index is -0.132. The summed E-state index contributed by atoms with van der Waals surface area (Å²) in [5, 5.41) is 7.38. The normalized spacial score (nSPS) is 19.0. The maximum atomic E-state index is 12.6. The number of piperidine rings is 2. The van der Waals surface area contributed by atoms with Crippen LogP contribution in [0.25, 0.3) is 0 Å². The van der Waals surface area contributed by atoms with Crippen molar-refractivity contribution in [3.8, 4) is 0 Å². The Morgan fingerprint density at radius 3 is 2.04 bits per heavy atom. The second-order valence-corrected chi connectivity index (χ2v) is 15.3. The van der Waals surface area contributed by atoms with Gasteiger partial charge in [-0.05, 0) is 63.5 Å². The standard InChI is InChI=1S/C36H56N8O2/c1-35(2,30-22-29(10-17-37-30)40-27-13-20-44(21-14-27)34(46)26-8-7-9-26)15-16-36(3,4)31-23-32(39-25-38-31)41-28-11-18-43(19-12-28)24-33(45)42(5)6/h10,17,22-23,25-28H,7-9,11-16,18-21,24H2,1-6H3,(H,37,40)(H,38,39,41). The van der Waals surface area contributed by atoms with E-state index in [1.807, 2.05) is 20.3 Å². The highest BCUT2D eigenvalue weighted by Gasteiger charge is 2.33. The highest BCUT2D eigenvalue weighted by molar-refractivity contribution is 5.79. The molecule has 3 fully saturated rings. The van der Waals surface area contributed by atoms with E-state index in [0.29, 0.717) is 24.5 Å². The second-order valence-electron chi connectivity index (χ2n) is 15.3. The summed E-state index contributed by atoms with van der Waals surface area (Å²) in [6.07, 6.45) is 12.8. The highest BCUT2D eigenvalue weighted by atomic mass is 16.2. The fourth-order valence-corrected chi connectivity index (χ4v) is 6.75. The molecule has 10 heteroatoms. The van der Waals surface area contributed by atoms with E-state index in [4.69, 9.17) is 9.97 Å². The van der Waals surface area contributed by atoms with Gasteiger partial charge in [0.2, 0.25) is 11.8 Å². The van der Waals surface area contributed by atoms with Crippen LogP contribution in [0.4, 0.5) is 11.5 Å². The summed E-state index contributed by atoms with van der Waals surface area (Å²) in [7, 11) is 3.62. The van der Waals surface area contributed by atoms with Gasteiger partial charge in [-0.3, -0.25) is 19.5 Å². The molecule has 0 spiro atoms. The van der Waals surface area contributed by atoms with E-state index in [1.54, 1.807) is 11.2 Å². The number of nitrogens with one attached hydrogen (secondary N) is 2. The first-order valence-electron chi connectivity index (χ1n) is 17.4. The third-order valence-corrected chi connectivity index (χ3v) is 10.6. The minimum absolute atomic E-state index is 0.108. The largest absolute Gasteiger partial charge is 0.382 e. The van der Waals surface area contributed by atoms with Gasteiger partial charge in [-0.25, -0.2) is 9.97 Å². The van der Waals surface area contributed by atoms with Gasteiger partial charge in [-0.1, -0.05) is 34.1 Å². The molecule has 4 heterocycles. The Morgan fingerprint density at radius 1 is 0.826 bits per heavy atom. The van der Waals surface area contributed by atoms with Crippen molar-refractivity contribution >= 4 is 23.3 Å². The Hall–Kier alpha value is -3.27. The predicted octanol–water partition coefficient (Wildman–Crippen LogP) is 5.07. The van der Waals surface area contributed by atoms with Crippen LogP contribution in [0.1, 0.15) is 96.9 Å². The lowest BCUT2D eigenvalue weighted by molar-refractivity contribution is -0.139. The zero-order valence-corrected chi connectivity index (χ0v) is 29.0. The maximum absolute atomic E-state index is 12.6. The van der Waals surface area contributed by atoms with Gasteiger partial charge in [0.1, 0.15) is 12.1 Å². The predicted molar refractivity (Wildman–Crippen MR) is 184 cm³/mol. The van der Waals surface area contributed by atoms with Crippen molar-refractivity contribution in [2.45, 2.75) is 108 Å². The molecule has 2 N–H and O–H groups in total. The van der Waals surface area contributed by atoms with E-state index in [2.05, 4.69) is 71.3 Å². The number of hydrogen-bond acceptors (Lipinski definition) is 8. The van der Waals surface area contributed by atoms with Gasteiger partial charge in [0.05, 0.1) is 12.2 Å². The number of nitrogens with zero attached hydrogens (tertiary/aromatic N) is 6. The summed E-state index contributed by atoms with van der Waals surface area (Å²) in [5.41, 5.74) is 3.01. The number of likely N-dealkylation sites (N-methyl/N-ethyl adjacent to an activating group) is 1. The lowest BCUT2D eigenvalue weighted by atomic mass is 9.75. The van der Waals surface area contributed by atoms with E-state index in [9.17, 15) is 9.59 Å². The fourth-order valence-electron chi connectivity index (χ4n) is 6.75. The molecule has 1 aliphatic carbocycles. The summed E-state index contributed by atoms with van der Waals surface area (Å²) in [6.45, 7) is 13.1. The quantitative estimate of drug-likeness (QED) is 0.334. The van der Waals surface area contributed by atoms with Crippen molar-refractivity contribution in [3.05, 3.63) is 42.1 Å². The highest BCUT2D eigenvalue weighted by Crippen LogP contribution is 2.36. The SMILES string of the molecule is CN(C)C(=O)CN1CCC(Nc2cc(C(C)(C)CCC(C)(C)c3cc(NC4CCN(C(=O)C5CCC5)CC4)ccn3)ncn2)CC1. The molecular formula is C36H56N8O2. The molecule has 0 unspecified atom stereocenters. The summed E-state index contributed by atoms with van der Waals surface area (Å²) in [5.74, 6) is 1.69. The van der Waals surface area contributed by atoms with Crippen LogP contribution in [-0.2, 0) is 20.4 Å². The molecule has 2 amide bonds. The molecule has 2 aromatic heterocycles. The molecule has 10 nitrogen and oxygen atoms in total. The van der Waals surface area contributed by atoms with Crippen LogP contribution in [-0.4, -0.2) is 100 Å². The molecular weight excluding hydrogens is 576 g/mol. The van der Waals surface area contributed by atoms with E-state index in [0.717, 1.165) is 100 Å². The molecule has 2 saturated heterocycles. The molecule has 3 aliphatic rings. The molecule has 46 heavy (non-hydrogen) atoms. The maximum Gasteiger partial charge on any atom is 0.236 e. The van der Waals surface area contributed by atoms with Gasteiger partial charge in [0, 0.05) is 92.8 Å². The van der Waals surface area contributed by atoms with E-state index < -0.39 is 0 Å². The number of hydrogen-bond donors (Lipinski definition) is 2. The van der Waals surface area contributed by atoms with Crippen LogP contribution in [0.15, 0.2) is 30.7 Å². The first kappa shape index (κ1) is 34.1. The number of amides is 2. The van der Waals surface area contributed by atoms with Gasteiger partial charge in [-0.2, -0.15) is 0 Å². The molecule has 1 saturated carbocycles. The fraction of sp³-hybridized carbons (Fsp3) is 0.694. The lowest BCUT2D eigenvalue weighted by Gasteiger charge is -2.37. The molecule has 0 atom stereocenters. The third kappa shape index (κ3) is 8.75. The first-order valence-corrected chi connectivity index (χ1v) is 17.4. The average molecular weight is 633 g/mol. The van der Waals surface area contributed by atoms with E-state index in [1.165, 1.54) is 6.42 Å². The third-order valence-electron chi connectivity index (χ3n) is 10.6. The van der Waals surface area contributed by atoms with Crippen LogP contribution in [0.5, 0.6) is 0 Å². The van der Waals surface area contributed by atoms with Crippen LogP contribution in [0, 0.1) is 5.92 Å². The number of aromatic nitrogens is 3. The Kier molecular flexibility index (Phi) is 10.9. The lowest BCUT2D eigenvalue weighted by Crippen LogP contribution is -2.46. The van der Waals surface area contributed by atoms with Gasteiger partial charge in [0.25, 0.3) is 0 Å². The Labute approximate surface area is 276 Å². The van der Waals surface area contributed by atoms with Crippen LogP contribution < -0.4 is 10.6 Å². The smallest absolute Gasteiger partial charge is 0.236 e. The average Bonchev–Trinajstić information content (AvgIpc) is 3.01. The summed E-state index contributed by atoms with van der Waals surface area (Å²) < 4.78 is 0. The molecule has 252 valence electrons. The summed E-state index contributed by atoms with van der Waals surface area (Å²) in [4.78, 5) is 44.8. The first-order chi connectivity index (χ1) is 21.9. The topological polar surface area (TPSA) is 107 Å². The number of pyridine rings is 1. The number of rotatable bonds is 12. The zero-order valence-electron chi connectivity index (χ0n) is 29.0. The number of carbonyl (C=O) groups is 2. The van der Waals surface area contributed by atoms with Gasteiger partial charge < -0.3 is 20.4 Å². The van der Waals surface area contributed by atoms with E-state index in [-0.39, 0.29) is 22.7 Å². The van der Waals surface area contributed by atoms with Gasteiger partial charge >= 0.3 is 0 Å². The Balaban J connectivity index is 1.11. The number of carbonyl (C=O) groups excluding carboxylic acids is 2. The molecule has 0 bridgehead atoms. The van der Waals surface area contributed by atoms with Crippen LogP contribution in [0.2, 0.25) is 0 Å². The minimum Gasteiger partial charge on any atom is -0.382 e. The zero-order chi connectivity index (χ0) is 32.9. The van der Waals surface area contributed by atoms with Crippen molar-refractivity contribution in [1.29, 1.82) is 0 Å². The van der Waals surface area contributed by atoms with E-state index >= 15 is 0 Å². The van der Waals surface area contributed by atoms with Crippen LogP contribution in [0.3, 0.4) is 0 Å². The number of likely N-dealkylation sites (tertiary alicyclic amines) is 2. The monoisotopic (exact) mass is 632 g/mol. The Bertz CT molecular complexity index is 1320.